The van der Waals surface area contributed by atoms with Crippen molar-refractivity contribution >= 4 is 29.3 Å². The molecule has 0 aliphatic heterocycles. The number of hydrogen-bond acceptors (Lipinski definition) is 2. The summed E-state index contributed by atoms with van der Waals surface area (Å²) in [7, 11) is 0. The Labute approximate surface area is 65.2 Å². The largest absolute Gasteiger partial charge is 0.320 e. The van der Waals surface area contributed by atoms with E-state index in [1.165, 1.54) is 0 Å². The van der Waals surface area contributed by atoms with Crippen molar-refractivity contribution in [3.8, 4) is 0 Å². The number of carbonyl (C=O) groups is 1. The van der Waals surface area contributed by atoms with Crippen LogP contribution in [0.3, 0.4) is 0 Å². The molecule has 0 spiro atoms. The van der Waals surface area contributed by atoms with Crippen LogP contribution in [0.2, 0.25) is 0 Å². The van der Waals surface area contributed by atoms with Crippen molar-refractivity contribution in [3.63, 3.8) is 0 Å². The van der Waals surface area contributed by atoms with Crippen LogP contribution in [0.25, 0.3) is 0 Å². The molecule has 0 bridgehead atoms. The van der Waals surface area contributed by atoms with Gasteiger partial charge in [0.1, 0.15) is 0 Å². The maximum absolute atomic E-state index is 10.3. The maximum Gasteiger partial charge on any atom is 0.238 e. The number of halogens is 2. The quantitative estimate of drug-likeness (QED) is 0.626. The van der Waals surface area contributed by atoms with Gasteiger partial charge in [0.2, 0.25) is 5.24 Å². The molecule has 9 heavy (non-hydrogen) atoms. The Bertz CT molecular complexity index is 114. The standard InChI is InChI=1S/C5H8ClNO.ClH/c6-5(8)4(7)3-1-2-3;/h3-4H,1-2,7H2;1H/t4-;/m1./s1. The maximum atomic E-state index is 10.3. The van der Waals surface area contributed by atoms with E-state index in [0.717, 1.165) is 12.8 Å². The Hall–Kier alpha value is 0.210. The fourth-order valence-corrected chi connectivity index (χ4v) is 0.819. The van der Waals surface area contributed by atoms with Crippen LogP contribution in [0.5, 0.6) is 0 Å². The van der Waals surface area contributed by atoms with Crippen LogP contribution in [0, 0.1) is 5.92 Å². The van der Waals surface area contributed by atoms with E-state index >= 15 is 0 Å². The monoisotopic (exact) mass is 169 g/mol. The fourth-order valence-electron chi connectivity index (χ4n) is 0.641. The van der Waals surface area contributed by atoms with Gasteiger partial charge in [-0.25, -0.2) is 0 Å². The lowest BCUT2D eigenvalue weighted by Crippen LogP contribution is -2.28. The van der Waals surface area contributed by atoms with Gasteiger partial charge in [0, 0.05) is 0 Å². The van der Waals surface area contributed by atoms with Crippen LogP contribution in [0.4, 0.5) is 0 Å². The van der Waals surface area contributed by atoms with Crippen molar-refractivity contribution in [2.45, 2.75) is 18.9 Å². The number of carbonyl (C=O) groups excluding carboxylic acids is 1. The van der Waals surface area contributed by atoms with Gasteiger partial charge in [0.25, 0.3) is 0 Å². The molecule has 1 fully saturated rings. The van der Waals surface area contributed by atoms with Crippen LogP contribution in [-0.2, 0) is 4.79 Å². The Balaban J connectivity index is 0.000000640. The summed E-state index contributed by atoms with van der Waals surface area (Å²) in [4.78, 5) is 10.3. The second-order valence-electron chi connectivity index (χ2n) is 2.17. The highest BCUT2D eigenvalue weighted by Crippen LogP contribution is 2.32. The van der Waals surface area contributed by atoms with Crippen LogP contribution in [0.15, 0.2) is 0 Å². The topological polar surface area (TPSA) is 43.1 Å². The second-order valence-corrected chi connectivity index (χ2v) is 2.54. The molecule has 1 aliphatic carbocycles. The third kappa shape index (κ3) is 2.52. The predicted molar refractivity (Wildman–Crippen MR) is 38.8 cm³/mol. The predicted octanol–water partition coefficient (Wildman–Crippen LogP) is 0.911. The van der Waals surface area contributed by atoms with E-state index in [2.05, 4.69) is 0 Å². The molecule has 0 aromatic rings. The third-order valence-electron chi connectivity index (χ3n) is 1.39. The van der Waals surface area contributed by atoms with Crippen LogP contribution in [-0.4, -0.2) is 11.3 Å². The van der Waals surface area contributed by atoms with Gasteiger partial charge >= 0.3 is 0 Å². The average molecular weight is 170 g/mol. The van der Waals surface area contributed by atoms with Gasteiger partial charge in [0.15, 0.2) is 0 Å². The summed E-state index contributed by atoms with van der Waals surface area (Å²) in [6.07, 6.45) is 2.14. The van der Waals surface area contributed by atoms with Crippen LogP contribution < -0.4 is 5.73 Å². The summed E-state index contributed by atoms with van der Waals surface area (Å²) in [5.41, 5.74) is 5.34. The van der Waals surface area contributed by atoms with Crippen molar-refractivity contribution in [1.29, 1.82) is 0 Å². The van der Waals surface area contributed by atoms with Crippen molar-refractivity contribution in [2.75, 3.05) is 0 Å². The Morgan fingerprint density at radius 3 is 2.22 bits per heavy atom. The van der Waals surface area contributed by atoms with Crippen molar-refractivity contribution in [3.05, 3.63) is 0 Å². The second kappa shape index (κ2) is 3.40. The van der Waals surface area contributed by atoms with Gasteiger partial charge in [0.05, 0.1) is 6.04 Å². The summed E-state index contributed by atoms with van der Waals surface area (Å²) >= 11 is 5.10. The number of rotatable bonds is 2. The zero-order chi connectivity index (χ0) is 6.15. The van der Waals surface area contributed by atoms with Gasteiger partial charge in [-0.1, -0.05) is 0 Å². The van der Waals surface area contributed by atoms with E-state index in [4.69, 9.17) is 17.3 Å². The summed E-state index contributed by atoms with van der Waals surface area (Å²) in [5, 5.41) is -0.396. The molecule has 0 amide bonds. The molecule has 0 heterocycles. The first-order chi connectivity index (χ1) is 3.72. The number of hydrogen-bond donors (Lipinski definition) is 1. The van der Waals surface area contributed by atoms with E-state index in [0.29, 0.717) is 5.92 Å². The summed E-state index contributed by atoms with van der Waals surface area (Å²) in [5.74, 6) is 0.389. The van der Waals surface area contributed by atoms with Gasteiger partial charge in [-0.05, 0) is 30.4 Å². The normalized spacial score (nSPS) is 20.2. The van der Waals surface area contributed by atoms with Gasteiger partial charge in [-0.15, -0.1) is 12.4 Å². The average Bonchev–Trinajstić information content (AvgIpc) is 2.43. The molecule has 54 valence electrons. The van der Waals surface area contributed by atoms with Gasteiger partial charge in [-0.2, -0.15) is 0 Å². The summed E-state index contributed by atoms with van der Waals surface area (Å²) in [6, 6.07) is -0.392. The highest BCUT2D eigenvalue weighted by molar-refractivity contribution is 6.64. The van der Waals surface area contributed by atoms with E-state index in [1.54, 1.807) is 0 Å². The summed E-state index contributed by atoms with van der Waals surface area (Å²) < 4.78 is 0. The van der Waals surface area contributed by atoms with E-state index < -0.39 is 11.3 Å². The molecule has 0 aromatic heterocycles. The van der Waals surface area contributed by atoms with Crippen LogP contribution >= 0.6 is 24.0 Å². The zero-order valence-electron chi connectivity index (χ0n) is 4.84. The minimum atomic E-state index is -0.396. The molecule has 0 unspecified atom stereocenters. The molecular formula is C5H9Cl2NO. The smallest absolute Gasteiger partial charge is 0.238 e. The van der Waals surface area contributed by atoms with Gasteiger partial charge < -0.3 is 5.73 Å². The fraction of sp³-hybridized carbons (Fsp3) is 0.800. The summed E-state index contributed by atoms with van der Waals surface area (Å²) in [6.45, 7) is 0. The molecule has 1 rings (SSSR count). The van der Waals surface area contributed by atoms with E-state index in [1.807, 2.05) is 0 Å². The molecule has 1 aliphatic rings. The molecule has 4 heteroatoms. The lowest BCUT2D eigenvalue weighted by Gasteiger charge is -1.99. The Morgan fingerprint density at radius 2 is 2.11 bits per heavy atom. The molecular weight excluding hydrogens is 161 g/mol. The first kappa shape index (κ1) is 9.21. The molecule has 1 atom stereocenters. The minimum Gasteiger partial charge on any atom is -0.320 e. The van der Waals surface area contributed by atoms with Crippen LogP contribution in [0.1, 0.15) is 12.8 Å². The van der Waals surface area contributed by atoms with Crippen molar-refractivity contribution in [1.82, 2.24) is 0 Å². The van der Waals surface area contributed by atoms with Gasteiger partial charge in [-0.3, -0.25) is 4.79 Å². The lowest BCUT2D eigenvalue weighted by atomic mass is 10.2. The third-order valence-corrected chi connectivity index (χ3v) is 1.64. The first-order valence-corrected chi connectivity index (χ1v) is 3.04. The van der Waals surface area contributed by atoms with E-state index in [9.17, 15) is 4.79 Å². The molecule has 0 aromatic carbocycles. The molecule has 1 saturated carbocycles. The SMILES string of the molecule is Cl.N[C@@H](C(=O)Cl)C1CC1. The molecule has 0 radical (unpaired) electrons. The molecule has 0 saturated heterocycles. The van der Waals surface area contributed by atoms with E-state index in [-0.39, 0.29) is 12.4 Å². The van der Waals surface area contributed by atoms with Crippen molar-refractivity contribution < 1.29 is 4.79 Å². The Morgan fingerprint density at radius 1 is 1.67 bits per heavy atom. The minimum absolute atomic E-state index is 0. The number of nitrogens with two attached hydrogens (primary N) is 1. The lowest BCUT2D eigenvalue weighted by molar-refractivity contribution is -0.113. The highest BCUT2D eigenvalue weighted by Gasteiger charge is 2.32. The van der Waals surface area contributed by atoms with Crippen molar-refractivity contribution in [2.24, 2.45) is 11.7 Å². The molecule has 2 N–H and O–H groups in total. The zero-order valence-corrected chi connectivity index (χ0v) is 6.41. The molecule has 2 nitrogen and oxygen atoms in total. The first-order valence-electron chi connectivity index (χ1n) is 2.66. The Kier molecular flexibility index (Phi) is 3.48. The highest BCUT2D eigenvalue weighted by atomic mass is 35.5.